The highest BCUT2D eigenvalue weighted by Crippen LogP contribution is 2.45. The number of benzene rings is 3. The summed E-state index contributed by atoms with van der Waals surface area (Å²) in [6.07, 6.45) is 5.19. The van der Waals surface area contributed by atoms with Gasteiger partial charge in [-0.3, -0.25) is 0 Å². The van der Waals surface area contributed by atoms with Crippen LogP contribution in [0.25, 0.3) is 22.2 Å². The Bertz CT molecular complexity index is 1500. The average molecular weight is 496 g/mol. The van der Waals surface area contributed by atoms with Crippen LogP contribution in [0, 0.1) is 12.3 Å². The van der Waals surface area contributed by atoms with Crippen molar-refractivity contribution >= 4 is 16.6 Å². The summed E-state index contributed by atoms with van der Waals surface area (Å²) >= 11 is 0. The molecule has 1 heterocycles. The van der Waals surface area contributed by atoms with Crippen LogP contribution in [0.1, 0.15) is 22.8 Å². The van der Waals surface area contributed by atoms with Crippen molar-refractivity contribution in [1.82, 2.24) is 9.88 Å². The molecule has 0 radical (unpaired) electrons. The number of methoxy groups -OCH3 is 2. The van der Waals surface area contributed by atoms with E-state index in [-0.39, 0.29) is 0 Å². The lowest BCUT2D eigenvalue weighted by molar-refractivity contribution is 0.100. The minimum Gasteiger partial charge on any atom is -0.493 e. The molecular formula is C30H29N3O4. The van der Waals surface area contributed by atoms with E-state index in [0.29, 0.717) is 23.8 Å². The molecule has 1 unspecified atom stereocenters. The number of nitrogens with zero attached hydrogens (tertiary/aromatic N) is 2. The molecule has 0 fully saturated rings. The fraction of sp³-hybridized carbons (Fsp3) is 0.233. The van der Waals surface area contributed by atoms with Gasteiger partial charge in [0.25, 0.3) is 0 Å². The molecule has 188 valence electrons. The second-order valence-electron chi connectivity index (χ2n) is 8.99. The van der Waals surface area contributed by atoms with Gasteiger partial charge >= 0.3 is 0 Å². The number of rotatable bonds is 9. The minimum absolute atomic E-state index is 0.577. The van der Waals surface area contributed by atoms with Crippen LogP contribution in [0.2, 0.25) is 0 Å². The van der Waals surface area contributed by atoms with Crippen molar-refractivity contribution in [2.75, 3.05) is 41.5 Å². The molecule has 7 nitrogen and oxygen atoms in total. The maximum absolute atomic E-state index is 6.02. The molecule has 37 heavy (non-hydrogen) atoms. The van der Waals surface area contributed by atoms with Gasteiger partial charge in [-0.1, -0.05) is 41.4 Å². The van der Waals surface area contributed by atoms with Crippen molar-refractivity contribution in [2.45, 2.75) is 6.10 Å². The first-order valence-corrected chi connectivity index (χ1v) is 12.0. The van der Waals surface area contributed by atoms with Crippen molar-refractivity contribution < 1.29 is 19.0 Å². The summed E-state index contributed by atoms with van der Waals surface area (Å²) in [6.45, 7) is 1.39. The number of hydrogen-bond acceptors (Lipinski definition) is 6. The third-order valence-electron chi connectivity index (χ3n) is 6.37. The summed E-state index contributed by atoms with van der Waals surface area (Å²) in [4.78, 5) is 11.6. The molecule has 1 atom stereocenters. The quantitative estimate of drug-likeness (QED) is 0.224. The SMILES string of the molecule is C#CC(O/N=C1/c2cc(OCCN(C)C)ccc2-c2[nH]c3cc(OC)c(OC)cc3c21)c1ccccc1. The summed E-state index contributed by atoms with van der Waals surface area (Å²) in [7, 11) is 7.28. The first-order valence-electron chi connectivity index (χ1n) is 12.0. The highest BCUT2D eigenvalue weighted by atomic mass is 16.6. The number of aromatic amines is 1. The van der Waals surface area contributed by atoms with Crippen LogP contribution in [-0.4, -0.2) is 57.1 Å². The Labute approximate surface area is 216 Å². The van der Waals surface area contributed by atoms with Crippen LogP contribution in [0.3, 0.4) is 0 Å². The van der Waals surface area contributed by atoms with Crippen LogP contribution in [0.4, 0.5) is 0 Å². The van der Waals surface area contributed by atoms with Gasteiger partial charge in [0.2, 0.25) is 6.10 Å². The van der Waals surface area contributed by atoms with Gasteiger partial charge in [-0.15, -0.1) is 6.42 Å². The first kappa shape index (κ1) is 24.3. The zero-order valence-electron chi connectivity index (χ0n) is 21.4. The van der Waals surface area contributed by atoms with E-state index in [1.54, 1.807) is 14.2 Å². The Morgan fingerprint density at radius 1 is 0.973 bits per heavy atom. The fourth-order valence-electron chi connectivity index (χ4n) is 4.49. The Kier molecular flexibility index (Phi) is 6.76. The Morgan fingerprint density at radius 3 is 2.43 bits per heavy atom. The monoisotopic (exact) mass is 495 g/mol. The smallest absolute Gasteiger partial charge is 0.212 e. The maximum atomic E-state index is 6.02. The summed E-state index contributed by atoms with van der Waals surface area (Å²) < 4.78 is 17.1. The third kappa shape index (κ3) is 4.59. The van der Waals surface area contributed by atoms with Gasteiger partial charge in [0.15, 0.2) is 11.5 Å². The topological polar surface area (TPSA) is 68.3 Å². The number of terminal acetylenes is 1. The summed E-state index contributed by atoms with van der Waals surface area (Å²) in [5.41, 5.74) is 6.22. The van der Waals surface area contributed by atoms with Crippen LogP contribution in [0.15, 0.2) is 65.8 Å². The van der Waals surface area contributed by atoms with E-state index in [0.717, 1.165) is 51.1 Å². The lowest BCUT2D eigenvalue weighted by atomic mass is 10.1. The molecule has 1 aliphatic rings. The predicted octanol–water partition coefficient (Wildman–Crippen LogP) is 5.25. The Balaban J connectivity index is 1.62. The fourth-order valence-corrected chi connectivity index (χ4v) is 4.49. The lowest BCUT2D eigenvalue weighted by Gasteiger charge is -2.13. The molecule has 0 aliphatic heterocycles. The summed E-state index contributed by atoms with van der Waals surface area (Å²) in [5.74, 6) is 4.74. The third-order valence-corrected chi connectivity index (χ3v) is 6.37. The van der Waals surface area contributed by atoms with Crippen molar-refractivity contribution in [2.24, 2.45) is 5.16 Å². The number of H-pyrrole nitrogens is 1. The molecule has 0 saturated carbocycles. The molecule has 0 bridgehead atoms. The predicted molar refractivity (Wildman–Crippen MR) is 146 cm³/mol. The van der Waals surface area contributed by atoms with Gasteiger partial charge < -0.3 is 28.9 Å². The first-order chi connectivity index (χ1) is 18.0. The average Bonchev–Trinajstić information content (AvgIpc) is 3.42. The highest BCUT2D eigenvalue weighted by Gasteiger charge is 2.31. The molecule has 1 aliphatic carbocycles. The number of oxime groups is 1. The molecular weight excluding hydrogens is 466 g/mol. The van der Waals surface area contributed by atoms with E-state index in [9.17, 15) is 0 Å². The lowest BCUT2D eigenvalue weighted by Crippen LogP contribution is -2.19. The zero-order chi connectivity index (χ0) is 25.9. The van der Waals surface area contributed by atoms with Crippen LogP contribution < -0.4 is 14.2 Å². The molecule has 1 N–H and O–H groups in total. The van der Waals surface area contributed by atoms with E-state index in [1.807, 2.05) is 74.8 Å². The van der Waals surface area contributed by atoms with Gasteiger partial charge in [-0.2, -0.15) is 0 Å². The number of likely N-dealkylation sites (N-methyl/N-ethyl adjacent to an activating group) is 1. The van der Waals surface area contributed by atoms with Crippen molar-refractivity contribution in [3.05, 3.63) is 77.4 Å². The molecule has 3 aromatic carbocycles. The van der Waals surface area contributed by atoms with Gasteiger partial charge in [-0.05, 0) is 38.4 Å². The normalized spacial score (nSPS) is 13.8. The highest BCUT2D eigenvalue weighted by molar-refractivity contribution is 6.30. The Morgan fingerprint density at radius 2 is 1.73 bits per heavy atom. The molecule has 1 aromatic heterocycles. The molecule has 0 saturated heterocycles. The van der Waals surface area contributed by atoms with Crippen LogP contribution in [0.5, 0.6) is 17.2 Å². The standard InChI is InChI=1S/C30H29N3O4/c1-6-25(19-10-8-7-9-11-19)37-32-30-22-16-20(36-15-14-33(2)3)12-13-21(22)29-28(30)23-17-26(34-4)27(35-5)18-24(23)31-29/h1,7-13,16-18,25,31H,14-15H2,2-5H3/b32-30-. The number of ether oxygens (including phenoxy) is 3. The minimum atomic E-state index is -0.624. The van der Waals surface area contributed by atoms with Gasteiger partial charge in [0.05, 0.1) is 25.4 Å². The maximum Gasteiger partial charge on any atom is 0.212 e. The Hall–Kier alpha value is -4.41. The van der Waals surface area contributed by atoms with E-state index in [4.69, 9.17) is 25.5 Å². The molecule has 0 spiro atoms. The van der Waals surface area contributed by atoms with Gasteiger partial charge in [0, 0.05) is 40.3 Å². The number of nitrogens with one attached hydrogen (secondary N) is 1. The number of aromatic nitrogens is 1. The summed E-state index contributed by atoms with van der Waals surface area (Å²) in [5, 5.41) is 5.58. The van der Waals surface area contributed by atoms with Gasteiger partial charge in [0.1, 0.15) is 18.1 Å². The largest absolute Gasteiger partial charge is 0.493 e. The van der Waals surface area contributed by atoms with Gasteiger partial charge in [-0.25, -0.2) is 0 Å². The van der Waals surface area contributed by atoms with E-state index >= 15 is 0 Å². The van der Waals surface area contributed by atoms with Crippen LogP contribution in [-0.2, 0) is 4.84 Å². The van der Waals surface area contributed by atoms with Crippen LogP contribution >= 0.6 is 0 Å². The summed E-state index contributed by atoms with van der Waals surface area (Å²) in [6, 6.07) is 19.5. The van der Waals surface area contributed by atoms with Crippen molar-refractivity contribution in [3.8, 4) is 40.8 Å². The number of fused-ring (bicyclic) bond motifs is 5. The van der Waals surface area contributed by atoms with E-state index in [2.05, 4.69) is 21.0 Å². The second kappa shape index (κ2) is 10.3. The number of hydrogen-bond donors (Lipinski definition) is 1. The molecule has 0 amide bonds. The van der Waals surface area contributed by atoms with E-state index in [1.165, 1.54) is 0 Å². The molecule has 5 rings (SSSR count). The zero-order valence-corrected chi connectivity index (χ0v) is 21.4. The second-order valence-corrected chi connectivity index (χ2v) is 8.99. The van der Waals surface area contributed by atoms with Crippen molar-refractivity contribution in [1.29, 1.82) is 0 Å². The van der Waals surface area contributed by atoms with Crippen molar-refractivity contribution in [3.63, 3.8) is 0 Å². The molecule has 7 heteroatoms. The van der Waals surface area contributed by atoms with E-state index < -0.39 is 6.10 Å². The molecule has 4 aromatic rings.